The molecule has 0 aliphatic heterocycles. The van der Waals surface area contributed by atoms with Crippen molar-refractivity contribution in [1.29, 1.82) is 0 Å². The Bertz CT molecular complexity index is 381. The molecule has 1 rings (SSSR count). The normalized spacial score (nSPS) is 12.7. The maximum Gasteiger partial charge on any atom is 0.184 e. The molecule has 1 unspecified atom stereocenters. The average Bonchev–Trinajstić information content (AvgIpc) is 2.43. The summed E-state index contributed by atoms with van der Waals surface area (Å²) >= 11 is 0. The Labute approximate surface area is 114 Å². The van der Waals surface area contributed by atoms with Gasteiger partial charge >= 0.3 is 0 Å². The van der Waals surface area contributed by atoms with Crippen LogP contribution in [-0.4, -0.2) is 43.4 Å². The van der Waals surface area contributed by atoms with E-state index in [1.165, 1.54) is 0 Å². The highest BCUT2D eigenvalue weighted by Crippen LogP contribution is 2.27. The number of rotatable bonds is 8. The Balaban J connectivity index is 2.56. The molecule has 0 saturated carbocycles. The number of likely N-dealkylation sites (N-methyl/N-ethyl adjacent to an activating group) is 1. The summed E-state index contributed by atoms with van der Waals surface area (Å²) in [6.45, 7) is 7.41. The number of anilines is 1. The van der Waals surface area contributed by atoms with Crippen molar-refractivity contribution in [3.05, 3.63) is 23.8 Å². The summed E-state index contributed by atoms with van der Waals surface area (Å²) in [7, 11) is 1.54. The van der Waals surface area contributed by atoms with Gasteiger partial charge < -0.3 is 25.2 Å². The number of nitrogens with zero attached hydrogens (tertiary/aromatic N) is 1. The number of hydrogen-bond donors (Lipinski definition) is 2. The van der Waals surface area contributed by atoms with E-state index >= 15 is 0 Å². The van der Waals surface area contributed by atoms with E-state index in [2.05, 4.69) is 18.7 Å². The van der Waals surface area contributed by atoms with Gasteiger partial charge in [0.2, 0.25) is 0 Å². The summed E-state index contributed by atoms with van der Waals surface area (Å²) in [5, 5.41) is 10.0. The molecule has 0 fully saturated rings. The van der Waals surface area contributed by atoms with Crippen molar-refractivity contribution in [2.75, 3.05) is 39.1 Å². The molecule has 5 nitrogen and oxygen atoms in total. The SMILES string of the molecule is CCN(CC)CCOC(O)c1ccc(N)cc1OC. The third kappa shape index (κ3) is 4.70. The van der Waals surface area contributed by atoms with Gasteiger partial charge in [-0.05, 0) is 25.2 Å². The Kier molecular flexibility index (Phi) is 6.62. The number of benzene rings is 1. The van der Waals surface area contributed by atoms with Crippen molar-refractivity contribution < 1.29 is 14.6 Å². The molecule has 1 aromatic rings. The summed E-state index contributed by atoms with van der Waals surface area (Å²) in [4.78, 5) is 2.23. The van der Waals surface area contributed by atoms with Gasteiger partial charge in [-0.2, -0.15) is 0 Å². The van der Waals surface area contributed by atoms with Gasteiger partial charge in [0.15, 0.2) is 6.29 Å². The summed E-state index contributed by atoms with van der Waals surface area (Å²) in [5.41, 5.74) is 6.86. The number of aliphatic hydroxyl groups is 1. The zero-order chi connectivity index (χ0) is 14.3. The molecule has 0 amide bonds. The van der Waals surface area contributed by atoms with Crippen molar-refractivity contribution in [1.82, 2.24) is 4.90 Å². The van der Waals surface area contributed by atoms with Crippen molar-refractivity contribution >= 4 is 5.69 Å². The molecule has 108 valence electrons. The van der Waals surface area contributed by atoms with Gasteiger partial charge in [0, 0.05) is 23.9 Å². The summed E-state index contributed by atoms with van der Waals surface area (Å²) in [6.07, 6.45) is -0.994. The number of aliphatic hydroxyl groups excluding tert-OH is 1. The first-order chi connectivity index (χ1) is 9.12. The van der Waals surface area contributed by atoms with Crippen LogP contribution in [0.1, 0.15) is 25.7 Å². The molecule has 0 heterocycles. The van der Waals surface area contributed by atoms with Crippen molar-refractivity contribution in [3.8, 4) is 5.75 Å². The molecule has 0 bridgehead atoms. The first kappa shape index (κ1) is 15.8. The number of methoxy groups -OCH3 is 1. The van der Waals surface area contributed by atoms with E-state index in [9.17, 15) is 5.11 Å². The quantitative estimate of drug-likeness (QED) is 0.554. The maximum absolute atomic E-state index is 10.0. The molecule has 19 heavy (non-hydrogen) atoms. The van der Waals surface area contributed by atoms with Crippen LogP contribution in [-0.2, 0) is 4.74 Å². The molecule has 1 atom stereocenters. The Morgan fingerprint density at radius 1 is 1.32 bits per heavy atom. The second kappa shape index (κ2) is 7.99. The zero-order valence-electron chi connectivity index (χ0n) is 11.9. The monoisotopic (exact) mass is 268 g/mol. The fraction of sp³-hybridized carbons (Fsp3) is 0.571. The lowest BCUT2D eigenvalue weighted by molar-refractivity contribution is -0.107. The smallest absolute Gasteiger partial charge is 0.184 e. The van der Waals surface area contributed by atoms with Crippen molar-refractivity contribution in [2.24, 2.45) is 0 Å². The van der Waals surface area contributed by atoms with Crippen LogP contribution in [0.25, 0.3) is 0 Å². The lowest BCUT2D eigenvalue weighted by Crippen LogP contribution is -2.27. The molecule has 3 N–H and O–H groups in total. The van der Waals surface area contributed by atoms with E-state index in [4.69, 9.17) is 15.2 Å². The molecular formula is C14H24N2O3. The van der Waals surface area contributed by atoms with Gasteiger partial charge in [0.05, 0.1) is 13.7 Å². The third-order valence-corrected chi connectivity index (χ3v) is 3.10. The number of nitrogen functional groups attached to an aromatic ring is 1. The standard InChI is InChI=1S/C14H24N2O3/c1-4-16(5-2)8-9-19-14(17)12-7-6-11(15)10-13(12)18-3/h6-7,10,14,17H,4-5,8-9,15H2,1-3H3. The van der Waals surface area contributed by atoms with Crippen LogP contribution in [0.4, 0.5) is 5.69 Å². The fourth-order valence-corrected chi connectivity index (χ4v) is 1.85. The highest BCUT2D eigenvalue weighted by molar-refractivity contribution is 5.48. The van der Waals surface area contributed by atoms with E-state index in [1.54, 1.807) is 25.3 Å². The average molecular weight is 268 g/mol. The summed E-state index contributed by atoms with van der Waals surface area (Å²) in [5.74, 6) is 0.537. The van der Waals surface area contributed by atoms with Crippen LogP contribution in [0.15, 0.2) is 18.2 Å². The summed E-state index contributed by atoms with van der Waals surface area (Å²) in [6, 6.07) is 5.11. The van der Waals surface area contributed by atoms with Gasteiger partial charge in [0.1, 0.15) is 5.75 Å². The second-order valence-corrected chi connectivity index (χ2v) is 4.25. The first-order valence-corrected chi connectivity index (χ1v) is 6.57. The molecule has 0 spiro atoms. The predicted octanol–water partition coefficient (Wildman–Crippen LogP) is 1.63. The predicted molar refractivity (Wildman–Crippen MR) is 76.1 cm³/mol. The van der Waals surface area contributed by atoms with Crippen molar-refractivity contribution in [2.45, 2.75) is 20.1 Å². The van der Waals surface area contributed by atoms with E-state index in [0.29, 0.717) is 23.6 Å². The first-order valence-electron chi connectivity index (χ1n) is 6.57. The minimum absolute atomic E-state index is 0.469. The Morgan fingerprint density at radius 3 is 2.58 bits per heavy atom. The maximum atomic E-state index is 10.0. The minimum Gasteiger partial charge on any atom is -0.496 e. The molecule has 0 radical (unpaired) electrons. The van der Waals surface area contributed by atoms with Gasteiger partial charge in [-0.15, -0.1) is 0 Å². The van der Waals surface area contributed by atoms with Crippen LogP contribution >= 0.6 is 0 Å². The number of nitrogens with two attached hydrogens (primary N) is 1. The zero-order valence-corrected chi connectivity index (χ0v) is 11.9. The van der Waals surface area contributed by atoms with Gasteiger partial charge in [-0.3, -0.25) is 0 Å². The Hall–Kier alpha value is -1.30. The van der Waals surface area contributed by atoms with E-state index in [0.717, 1.165) is 19.6 Å². The Morgan fingerprint density at radius 2 is 2.00 bits per heavy atom. The van der Waals surface area contributed by atoms with E-state index in [-0.39, 0.29) is 0 Å². The molecule has 1 aromatic carbocycles. The fourth-order valence-electron chi connectivity index (χ4n) is 1.85. The van der Waals surface area contributed by atoms with Crippen LogP contribution in [0.2, 0.25) is 0 Å². The highest BCUT2D eigenvalue weighted by atomic mass is 16.6. The molecule has 0 aliphatic carbocycles. The molecule has 5 heteroatoms. The lowest BCUT2D eigenvalue weighted by Gasteiger charge is -2.20. The third-order valence-electron chi connectivity index (χ3n) is 3.10. The number of hydrogen-bond acceptors (Lipinski definition) is 5. The lowest BCUT2D eigenvalue weighted by atomic mass is 10.1. The number of ether oxygens (including phenoxy) is 2. The summed E-state index contributed by atoms with van der Waals surface area (Å²) < 4.78 is 10.6. The molecule has 0 aliphatic rings. The van der Waals surface area contributed by atoms with Crippen LogP contribution in [0.5, 0.6) is 5.75 Å². The largest absolute Gasteiger partial charge is 0.496 e. The second-order valence-electron chi connectivity index (χ2n) is 4.25. The van der Waals surface area contributed by atoms with Crippen molar-refractivity contribution in [3.63, 3.8) is 0 Å². The van der Waals surface area contributed by atoms with Gasteiger partial charge in [0.25, 0.3) is 0 Å². The highest BCUT2D eigenvalue weighted by Gasteiger charge is 2.14. The topological polar surface area (TPSA) is 68.0 Å². The van der Waals surface area contributed by atoms with Crippen LogP contribution in [0.3, 0.4) is 0 Å². The molecule has 0 aromatic heterocycles. The van der Waals surface area contributed by atoms with E-state index < -0.39 is 6.29 Å². The van der Waals surface area contributed by atoms with E-state index in [1.807, 2.05) is 0 Å². The minimum atomic E-state index is -0.994. The van der Waals surface area contributed by atoms with Crippen LogP contribution < -0.4 is 10.5 Å². The van der Waals surface area contributed by atoms with Crippen LogP contribution in [0, 0.1) is 0 Å². The van der Waals surface area contributed by atoms with Gasteiger partial charge in [-0.25, -0.2) is 0 Å². The molecular weight excluding hydrogens is 244 g/mol. The van der Waals surface area contributed by atoms with Gasteiger partial charge in [-0.1, -0.05) is 13.8 Å². The molecule has 0 saturated heterocycles.